The standard InChI is InChI=1S/C21H26O2Si/c1-6-23-20(22)13-12-18-15(3)10-11-16(4)21(18)24-19-9-7-8-14(2)17(19)5/h7-13H,6,24H2,1-5H3. The maximum Gasteiger partial charge on any atom is 0.330 e. The van der Waals surface area contributed by atoms with Gasteiger partial charge in [0, 0.05) is 6.08 Å². The van der Waals surface area contributed by atoms with Crippen LogP contribution >= 0.6 is 0 Å². The fourth-order valence-electron chi connectivity index (χ4n) is 2.89. The SMILES string of the molecule is CCOC(=O)C=Cc1c(C)ccc(C)c1[SiH2]c1cccc(C)c1C. The minimum absolute atomic E-state index is 0.280. The summed E-state index contributed by atoms with van der Waals surface area (Å²) in [6.07, 6.45) is 3.47. The molecule has 126 valence electrons. The number of ether oxygens (including phenoxy) is 1. The number of aryl methyl sites for hydroxylation is 3. The first-order valence-corrected chi connectivity index (χ1v) is 9.84. The summed E-state index contributed by atoms with van der Waals surface area (Å²) in [6, 6.07) is 10.9. The van der Waals surface area contributed by atoms with Crippen LogP contribution in [0.3, 0.4) is 0 Å². The lowest BCUT2D eigenvalue weighted by atomic mass is 10.0. The lowest BCUT2D eigenvalue weighted by Crippen LogP contribution is -2.33. The Morgan fingerprint density at radius 2 is 1.75 bits per heavy atom. The molecule has 24 heavy (non-hydrogen) atoms. The summed E-state index contributed by atoms with van der Waals surface area (Å²) in [7, 11) is -0.623. The zero-order valence-corrected chi connectivity index (χ0v) is 16.7. The van der Waals surface area contributed by atoms with E-state index in [0.717, 1.165) is 0 Å². The summed E-state index contributed by atoms with van der Waals surface area (Å²) in [4.78, 5) is 11.7. The zero-order chi connectivity index (χ0) is 17.7. The van der Waals surface area contributed by atoms with Gasteiger partial charge >= 0.3 is 5.97 Å². The van der Waals surface area contributed by atoms with Gasteiger partial charge in [0.2, 0.25) is 0 Å². The van der Waals surface area contributed by atoms with Crippen molar-refractivity contribution in [3.63, 3.8) is 0 Å². The summed E-state index contributed by atoms with van der Waals surface area (Å²) >= 11 is 0. The van der Waals surface area contributed by atoms with Crippen molar-refractivity contribution in [2.24, 2.45) is 0 Å². The predicted molar refractivity (Wildman–Crippen MR) is 105 cm³/mol. The fourth-order valence-corrected chi connectivity index (χ4v) is 5.06. The third-order valence-corrected chi connectivity index (χ3v) is 7.01. The maximum absolute atomic E-state index is 11.7. The number of benzene rings is 2. The largest absolute Gasteiger partial charge is 0.463 e. The third-order valence-electron chi connectivity index (χ3n) is 4.57. The summed E-state index contributed by atoms with van der Waals surface area (Å²) in [5.74, 6) is -0.280. The van der Waals surface area contributed by atoms with Gasteiger partial charge in [-0.3, -0.25) is 0 Å². The van der Waals surface area contributed by atoms with Crippen molar-refractivity contribution in [1.82, 2.24) is 0 Å². The molecule has 0 heterocycles. The second-order valence-electron chi connectivity index (χ2n) is 6.21. The summed E-state index contributed by atoms with van der Waals surface area (Å²) in [6.45, 7) is 10.9. The smallest absolute Gasteiger partial charge is 0.330 e. The van der Waals surface area contributed by atoms with E-state index in [1.165, 1.54) is 38.2 Å². The minimum atomic E-state index is -0.623. The maximum atomic E-state index is 11.7. The van der Waals surface area contributed by atoms with Gasteiger partial charge in [-0.15, -0.1) is 0 Å². The molecule has 0 saturated heterocycles. The lowest BCUT2D eigenvalue weighted by molar-refractivity contribution is -0.137. The number of hydrogen-bond donors (Lipinski definition) is 0. The Morgan fingerprint density at radius 1 is 1.04 bits per heavy atom. The molecule has 0 unspecified atom stereocenters. The number of esters is 1. The van der Waals surface area contributed by atoms with Crippen molar-refractivity contribution < 1.29 is 9.53 Å². The Bertz CT molecular complexity index is 776. The molecule has 0 atom stereocenters. The highest BCUT2D eigenvalue weighted by Gasteiger charge is 2.11. The second kappa shape index (κ2) is 8.11. The highest BCUT2D eigenvalue weighted by atomic mass is 28.2. The van der Waals surface area contributed by atoms with Crippen molar-refractivity contribution in [1.29, 1.82) is 0 Å². The first-order chi connectivity index (χ1) is 11.4. The van der Waals surface area contributed by atoms with Crippen molar-refractivity contribution in [3.05, 3.63) is 64.2 Å². The van der Waals surface area contributed by atoms with E-state index in [0.29, 0.717) is 6.61 Å². The fraction of sp³-hybridized carbons (Fsp3) is 0.286. The molecular formula is C21H26O2Si. The average molecular weight is 339 g/mol. The molecule has 0 aromatic heterocycles. The van der Waals surface area contributed by atoms with Crippen LogP contribution in [0.15, 0.2) is 36.4 Å². The molecule has 2 aromatic carbocycles. The van der Waals surface area contributed by atoms with Gasteiger partial charge in [-0.1, -0.05) is 46.3 Å². The van der Waals surface area contributed by atoms with Gasteiger partial charge in [0.1, 0.15) is 0 Å². The van der Waals surface area contributed by atoms with Gasteiger partial charge in [0.05, 0.1) is 16.1 Å². The highest BCUT2D eigenvalue weighted by Crippen LogP contribution is 2.11. The summed E-state index contributed by atoms with van der Waals surface area (Å²) in [5, 5.41) is 2.87. The van der Waals surface area contributed by atoms with Gasteiger partial charge in [-0.05, 0) is 62.9 Å². The van der Waals surface area contributed by atoms with Crippen LogP contribution in [0.4, 0.5) is 0 Å². The van der Waals surface area contributed by atoms with Crippen LogP contribution in [-0.2, 0) is 9.53 Å². The van der Waals surface area contributed by atoms with Crippen LogP contribution in [0.2, 0.25) is 0 Å². The second-order valence-corrected chi connectivity index (χ2v) is 8.04. The Hall–Kier alpha value is -2.13. The van der Waals surface area contributed by atoms with Crippen molar-refractivity contribution in [3.8, 4) is 0 Å². The van der Waals surface area contributed by atoms with E-state index in [2.05, 4.69) is 58.0 Å². The molecule has 2 rings (SSSR count). The Balaban J connectivity index is 2.44. The molecule has 2 aromatic rings. The van der Waals surface area contributed by atoms with Gasteiger partial charge < -0.3 is 4.74 Å². The summed E-state index contributed by atoms with van der Waals surface area (Å²) in [5.41, 5.74) is 6.42. The average Bonchev–Trinajstić information content (AvgIpc) is 2.54. The molecule has 3 heteroatoms. The van der Waals surface area contributed by atoms with Crippen LogP contribution in [0.1, 0.15) is 34.7 Å². The highest BCUT2D eigenvalue weighted by molar-refractivity contribution is 6.69. The Labute approximate surface area is 147 Å². The molecular weight excluding hydrogens is 312 g/mol. The topological polar surface area (TPSA) is 26.3 Å². The third kappa shape index (κ3) is 4.23. The molecule has 0 amide bonds. The zero-order valence-electron chi connectivity index (χ0n) is 15.3. The van der Waals surface area contributed by atoms with Crippen molar-refractivity contribution >= 4 is 31.9 Å². The minimum Gasteiger partial charge on any atom is -0.463 e. The van der Waals surface area contributed by atoms with Gasteiger partial charge in [0.25, 0.3) is 0 Å². The van der Waals surface area contributed by atoms with E-state index < -0.39 is 9.52 Å². The molecule has 0 aliphatic heterocycles. The van der Waals surface area contributed by atoms with E-state index in [9.17, 15) is 4.79 Å². The molecule has 0 radical (unpaired) electrons. The monoisotopic (exact) mass is 338 g/mol. The number of hydrogen-bond acceptors (Lipinski definition) is 2. The number of rotatable bonds is 5. The van der Waals surface area contributed by atoms with Crippen LogP contribution in [0, 0.1) is 27.7 Å². The molecule has 0 N–H and O–H groups in total. The number of carbonyl (C=O) groups excluding carboxylic acids is 1. The van der Waals surface area contributed by atoms with Crippen LogP contribution in [0.25, 0.3) is 6.08 Å². The van der Waals surface area contributed by atoms with Crippen LogP contribution < -0.4 is 10.4 Å². The van der Waals surface area contributed by atoms with E-state index in [-0.39, 0.29) is 5.97 Å². The van der Waals surface area contributed by atoms with Crippen molar-refractivity contribution in [2.75, 3.05) is 6.61 Å². The van der Waals surface area contributed by atoms with E-state index in [1.54, 1.807) is 6.08 Å². The normalized spacial score (nSPS) is 11.5. The quantitative estimate of drug-likeness (QED) is 0.476. The molecule has 0 saturated carbocycles. The molecule has 0 fully saturated rings. The predicted octanol–water partition coefficient (Wildman–Crippen LogP) is 2.62. The van der Waals surface area contributed by atoms with Gasteiger partial charge in [0.15, 0.2) is 0 Å². The molecule has 2 nitrogen and oxygen atoms in total. The molecule has 0 bridgehead atoms. The van der Waals surface area contributed by atoms with Crippen LogP contribution in [0.5, 0.6) is 0 Å². The summed E-state index contributed by atoms with van der Waals surface area (Å²) < 4.78 is 5.01. The lowest BCUT2D eigenvalue weighted by Gasteiger charge is -2.15. The first kappa shape index (κ1) is 18.2. The van der Waals surface area contributed by atoms with Gasteiger partial charge in [-0.25, -0.2) is 4.79 Å². The van der Waals surface area contributed by atoms with Crippen molar-refractivity contribution in [2.45, 2.75) is 34.6 Å². The van der Waals surface area contributed by atoms with E-state index in [1.807, 2.05) is 13.0 Å². The van der Waals surface area contributed by atoms with Crippen LogP contribution in [-0.4, -0.2) is 22.1 Å². The number of carbonyl (C=O) groups is 1. The molecule has 0 aliphatic carbocycles. The molecule has 0 aliphatic rings. The van der Waals surface area contributed by atoms with E-state index >= 15 is 0 Å². The molecule has 0 spiro atoms. The van der Waals surface area contributed by atoms with E-state index in [4.69, 9.17) is 4.74 Å². The Morgan fingerprint density at radius 3 is 2.46 bits per heavy atom. The first-order valence-electron chi connectivity index (χ1n) is 8.43. The Kier molecular flexibility index (Phi) is 6.15. The van der Waals surface area contributed by atoms with Gasteiger partial charge in [-0.2, -0.15) is 0 Å².